The van der Waals surface area contributed by atoms with Gasteiger partial charge in [0, 0.05) is 33.3 Å². The van der Waals surface area contributed by atoms with E-state index in [-0.39, 0.29) is 6.61 Å². The summed E-state index contributed by atoms with van der Waals surface area (Å²) in [5, 5.41) is 13.7. The molecule has 1 saturated heterocycles. The van der Waals surface area contributed by atoms with E-state index in [0.29, 0.717) is 11.6 Å². The second kappa shape index (κ2) is 13.0. The zero-order valence-corrected chi connectivity index (χ0v) is 22.6. The number of aromatic nitrogens is 4. The minimum Gasteiger partial charge on any atom is -0.463 e. The lowest BCUT2D eigenvalue weighted by Gasteiger charge is -2.43. The zero-order valence-electron chi connectivity index (χ0n) is 22.6. The highest BCUT2D eigenvalue weighted by Crippen LogP contribution is 2.32. The van der Waals surface area contributed by atoms with E-state index >= 15 is 0 Å². The highest BCUT2D eigenvalue weighted by Gasteiger charge is 2.53. The first-order chi connectivity index (χ1) is 19.6. The summed E-state index contributed by atoms with van der Waals surface area (Å²) in [6.45, 7) is 4.31. The quantitative estimate of drug-likeness (QED) is 0.293. The predicted molar refractivity (Wildman–Crippen MR) is 138 cm³/mol. The Kier molecular flexibility index (Phi) is 9.24. The van der Waals surface area contributed by atoms with E-state index in [1.807, 2.05) is 36.4 Å². The first-order valence-electron chi connectivity index (χ1n) is 12.5. The van der Waals surface area contributed by atoms with Crippen LogP contribution in [0.3, 0.4) is 0 Å². The minimum atomic E-state index is -1.33. The standard InChI is InChI=1S/C27H28N4O10/c1-14(32)36-13-22-23(37-15(2)33)24(38-16(3)34)25(39-17(4)35)27(41-22)40-21-11-9-19(10-12-21)18-5-7-20(8-6-18)26-28-30-31-29-26/h5-12,22-25,27H,13H2,1-4H3,(H,28,29,30,31)/t22?,23-,24?,25-,27+/m1/s1. The fraction of sp³-hybridized carbons (Fsp3) is 0.370. The Bertz CT molecular complexity index is 1360. The van der Waals surface area contributed by atoms with E-state index in [9.17, 15) is 19.2 Å². The topological polar surface area (TPSA) is 178 Å². The van der Waals surface area contributed by atoms with Gasteiger partial charge in [-0.1, -0.05) is 36.4 Å². The van der Waals surface area contributed by atoms with Crippen LogP contribution in [0, 0.1) is 0 Å². The van der Waals surface area contributed by atoms with Crippen LogP contribution in [-0.2, 0) is 42.9 Å². The van der Waals surface area contributed by atoms with Crippen molar-refractivity contribution in [3.8, 4) is 28.3 Å². The van der Waals surface area contributed by atoms with E-state index in [1.54, 1.807) is 12.1 Å². The number of tetrazole rings is 1. The van der Waals surface area contributed by atoms with Crippen molar-refractivity contribution in [3.63, 3.8) is 0 Å². The number of hydrogen-bond acceptors (Lipinski definition) is 13. The Balaban J connectivity index is 1.58. The largest absolute Gasteiger partial charge is 0.463 e. The van der Waals surface area contributed by atoms with Gasteiger partial charge in [0.2, 0.25) is 12.4 Å². The molecular formula is C27H28N4O10. The Labute approximate surface area is 234 Å². The van der Waals surface area contributed by atoms with Gasteiger partial charge in [0.05, 0.1) is 0 Å². The van der Waals surface area contributed by atoms with Crippen molar-refractivity contribution in [2.24, 2.45) is 0 Å². The number of ether oxygens (including phenoxy) is 6. The molecule has 0 spiro atoms. The summed E-state index contributed by atoms with van der Waals surface area (Å²) in [6, 6.07) is 14.5. The molecule has 1 N–H and O–H groups in total. The number of nitrogens with one attached hydrogen (secondary N) is 1. The molecular weight excluding hydrogens is 540 g/mol. The van der Waals surface area contributed by atoms with Gasteiger partial charge in [-0.2, -0.15) is 0 Å². The van der Waals surface area contributed by atoms with Crippen molar-refractivity contribution < 1.29 is 47.6 Å². The molecule has 2 heterocycles. The van der Waals surface area contributed by atoms with Crippen molar-refractivity contribution in [1.82, 2.24) is 20.6 Å². The Hall–Kier alpha value is -4.85. The SMILES string of the molecule is CC(=O)OCC1O[C@H](Oc2ccc(-c3ccc(-c4nnn[nH]4)cc3)cc2)[C@H](OC(C)=O)C(OC(C)=O)[C@@H]1OC(C)=O. The first kappa shape index (κ1) is 29.1. The highest BCUT2D eigenvalue weighted by molar-refractivity contribution is 5.69. The summed E-state index contributed by atoms with van der Waals surface area (Å²) >= 11 is 0. The lowest BCUT2D eigenvalue weighted by Crippen LogP contribution is -2.63. The van der Waals surface area contributed by atoms with Crippen molar-refractivity contribution >= 4 is 23.9 Å². The van der Waals surface area contributed by atoms with Crippen LogP contribution in [0.5, 0.6) is 5.75 Å². The van der Waals surface area contributed by atoms with Crippen LogP contribution in [0.4, 0.5) is 0 Å². The Morgan fingerprint density at radius 1 is 0.732 bits per heavy atom. The molecule has 0 amide bonds. The molecule has 0 saturated carbocycles. The monoisotopic (exact) mass is 568 g/mol. The van der Waals surface area contributed by atoms with Crippen LogP contribution in [0.2, 0.25) is 0 Å². The summed E-state index contributed by atoms with van der Waals surface area (Å²) in [5.41, 5.74) is 2.61. The highest BCUT2D eigenvalue weighted by atomic mass is 16.7. The molecule has 2 unspecified atom stereocenters. The van der Waals surface area contributed by atoms with Gasteiger partial charge < -0.3 is 28.4 Å². The molecule has 1 fully saturated rings. The minimum absolute atomic E-state index is 0.332. The first-order valence-corrected chi connectivity index (χ1v) is 12.5. The second-order valence-corrected chi connectivity index (χ2v) is 9.04. The smallest absolute Gasteiger partial charge is 0.303 e. The summed E-state index contributed by atoms with van der Waals surface area (Å²) in [7, 11) is 0. The molecule has 5 atom stereocenters. The maximum atomic E-state index is 12.0. The molecule has 0 aliphatic carbocycles. The molecule has 41 heavy (non-hydrogen) atoms. The molecule has 216 valence electrons. The Morgan fingerprint density at radius 3 is 1.80 bits per heavy atom. The number of esters is 4. The van der Waals surface area contributed by atoms with E-state index in [0.717, 1.165) is 37.5 Å². The van der Waals surface area contributed by atoms with Gasteiger partial charge in [-0.3, -0.25) is 19.2 Å². The number of hydrogen-bond donors (Lipinski definition) is 1. The van der Waals surface area contributed by atoms with Crippen LogP contribution >= 0.6 is 0 Å². The number of rotatable bonds is 9. The molecule has 4 rings (SSSR count). The normalized spacial score (nSPS) is 21.8. The summed E-state index contributed by atoms with van der Waals surface area (Å²) in [4.78, 5) is 47.4. The average Bonchev–Trinajstić information content (AvgIpc) is 3.46. The van der Waals surface area contributed by atoms with Gasteiger partial charge in [0.15, 0.2) is 18.0 Å². The summed E-state index contributed by atoms with van der Waals surface area (Å²) in [6.07, 6.45) is -6.35. The molecule has 14 nitrogen and oxygen atoms in total. The van der Waals surface area contributed by atoms with E-state index in [4.69, 9.17) is 28.4 Å². The molecule has 14 heteroatoms. The molecule has 2 aromatic carbocycles. The summed E-state index contributed by atoms with van der Waals surface area (Å²) in [5.74, 6) is -1.90. The van der Waals surface area contributed by atoms with Gasteiger partial charge in [0.25, 0.3) is 0 Å². The number of benzene rings is 2. The van der Waals surface area contributed by atoms with Crippen LogP contribution in [0.25, 0.3) is 22.5 Å². The number of nitrogens with zero attached hydrogens (tertiary/aromatic N) is 3. The molecule has 1 aromatic heterocycles. The molecule has 0 bridgehead atoms. The third-order valence-electron chi connectivity index (χ3n) is 5.89. The van der Waals surface area contributed by atoms with Gasteiger partial charge in [-0.15, -0.1) is 5.10 Å². The maximum Gasteiger partial charge on any atom is 0.303 e. The lowest BCUT2D eigenvalue weighted by atomic mass is 9.98. The van der Waals surface area contributed by atoms with E-state index in [1.165, 1.54) is 6.92 Å². The summed E-state index contributed by atoms with van der Waals surface area (Å²) < 4.78 is 33.3. The zero-order chi connectivity index (χ0) is 29.5. The predicted octanol–water partition coefficient (Wildman–Crippen LogP) is 2.00. The van der Waals surface area contributed by atoms with Crippen LogP contribution in [-0.4, -0.2) is 81.8 Å². The average molecular weight is 569 g/mol. The van der Waals surface area contributed by atoms with Crippen LogP contribution in [0.15, 0.2) is 48.5 Å². The van der Waals surface area contributed by atoms with Crippen molar-refractivity contribution in [1.29, 1.82) is 0 Å². The molecule has 3 aromatic rings. The number of aromatic amines is 1. The number of carbonyl (C=O) groups excluding carboxylic acids is 4. The van der Waals surface area contributed by atoms with Crippen LogP contribution in [0.1, 0.15) is 27.7 Å². The van der Waals surface area contributed by atoms with Gasteiger partial charge in [-0.05, 0) is 33.7 Å². The third kappa shape index (κ3) is 7.63. The van der Waals surface area contributed by atoms with Crippen molar-refractivity contribution in [2.45, 2.75) is 58.4 Å². The van der Waals surface area contributed by atoms with Crippen LogP contribution < -0.4 is 4.74 Å². The lowest BCUT2D eigenvalue weighted by molar-refractivity contribution is -0.288. The van der Waals surface area contributed by atoms with Crippen molar-refractivity contribution in [3.05, 3.63) is 48.5 Å². The van der Waals surface area contributed by atoms with E-state index < -0.39 is 54.6 Å². The van der Waals surface area contributed by atoms with Gasteiger partial charge in [0.1, 0.15) is 18.5 Å². The van der Waals surface area contributed by atoms with Gasteiger partial charge in [-0.25, -0.2) is 5.10 Å². The van der Waals surface area contributed by atoms with E-state index in [2.05, 4.69) is 20.6 Å². The number of H-pyrrole nitrogens is 1. The molecule has 1 aliphatic heterocycles. The van der Waals surface area contributed by atoms with Gasteiger partial charge >= 0.3 is 23.9 Å². The second-order valence-electron chi connectivity index (χ2n) is 9.04. The fourth-order valence-corrected chi connectivity index (χ4v) is 4.25. The fourth-order valence-electron chi connectivity index (χ4n) is 4.25. The maximum absolute atomic E-state index is 12.0. The number of carbonyl (C=O) groups is 4. The Morgan fingerprint density at radius 2 is 1.27 bits per heavy atom. The molecule has 1 aliphatic rings. The molecule has 0 radical (unpaired) electrons. The van der Waals surface area contributed by atoms with Crippen molar-refractivity contribution in [2.75, 3.05) is 6.61 Å². The third-order valence-corrected chi connectivity index (χ3v) is 5.89.